The molecule has 0 aliphatic carbocycles. The molecule has 1 fully saturated rings. The van der Waals surface area contributed by atoms with Crippen molar-refractivity contribution >= 4 is 23.0 Å². The Morgan fingerprint density at radius 3 is 2.21 bits per heavy atom. The first-order valence-corrected chi connectivity index (χ1v) is 12.3. The third-order valence-electron chi connectivity index (χ3n) is 7.04. The second kappa shape index (κ2) is 9.07. The van der Waals surface area contributed by atoms with Gasteiger partial charge in [0.1, 0.15) is 0 Å². The lowest BCUT2D eigenvalue weighted by atomic mass is 9.93. The summed E-state index contributed by atoms with van der Waals surface area (Å²) in [7, 11) is 0. The van der Waals surface area contributed by atoms with E-state index in [0.29, 0.717) is 0 Å². The third-order valence-corrected chi connectivity index (χ3v) is 7.35. The molecule has 2 aromatic carbocycles. The molecule has 0 radical (unpaired) electrons. The fourth-order valence-electron chi connectivity index (χ4n) is 5.22. The van der Waals surface area contributed by atoms with Crippen LogP contribution in [0.2, 0.25) is 0 Å². The number of pyridine rings is 1. The fraction of sp³-hybridized carbons (Fsp3) is 0.241. The van der Waals surface area contributed by atoms with Gasteiger partial charge in [0.25, 0.3) is 0 Å². The van der Waals surface area contributed by atoms with Gasteiger partial charge in [-0.2, -0.15) is 0 Å². The van der Waals surface area contributed by atoms with E-state index in [4.69, 9.17) is 17.2 Å². The normalized spacial score (nSPS) is 17.8. The van der Waals surface area contributed by atoms with Crippen LogP contribution < -0.4 is 10.2 Å². The van der Waals surface area contributed by atoms with Crippen molar-refractivity contribution in [1.82, 2.24) is 14.9 Å². The summed E-state index contributed by atoms with van der Waals surface area (Å²) in [6.45, 7) is 8.83. The van der Waals surface area contributed by atoms with Crippen molar-refractivity contribution in [2.45, 2.75) is 46.2 Å². The Kier molecular flexibility index (Phi) is 5.96. The van der Waals surface area contributed by atoms with E-state index in [1.807, 2.05) is 18.3 Å². The van der Waals surface area contributed by atoms with Gasteiger partial charge in [-0.25, -0.2) is 0 Å². The van der Waals surface area contributed by atoms with Crippen LogP contribution in [0.5, 0.6) is 0 Å². The van der Waals surface area contributed by atoms with Gasteiger partial charge in [-0.15, -0.1) is 0 Å². The molecular formula is C29H30N4S. The lowest BCUT2D eigenvalue weighted by Gasteiger charge is -2.29. The summed E-state index contributed by atoms with van der Waals surface area (Å²) >= 11 is 5.94. The second-order valence-corrected chi connectivity index (χ2v) is 9.28. The Balaban J connectivity index is 1.71. The molecule has 1 aliphatic heterocycles. The smallest absolute Gasteiger partial charge is 0.174 e. The summed E-state index contributed by atoms with van der Waals surface area (Å²) in [5, 5.41) is 4.33. The topological polar surface area (TPSA) is 33.1 Å². The maximum atomic E-state index is 5.94. The highest BCUT2D eigenvalue weighted by Gasteiger charge is 2.43. The van der Waals surface area contributed by atoms with Gasteiger partial charge in [0.15, 0.2) is 5.11 Å². The molecule has 1 saturated heterocycles. The van der Waals surface area contributed by atoms with Gasteiger partial charge in [0.05, 0.1) is 17.8 Å². The average molecular weight is 467 g/mol. The first-order valence-electron chi connectivity index (χ1n) is 11.8. The number of hydrogen-bond acceptors (Lipinski definition) is 2. The van der Waals surface area contributed by atoms with Crippen LogP contribution in [0.15, 0.2) is 79.0 Å². The van der Waals surface area contributed by atoms with Crippen molar-refractivity contribution in [1.29, 1.82) is 0 Å². The van der Waals surface area contributed by atoms with E-state index in [2.05, 4.69) is 103 Å². The molecule has 0 bridgehead atoms. The molecule has 1 N–H and O–H groups in total. The molecule has 5 rings (SSSR count). The van der Waals surface area contributed by atoms with Crippen LogP contribution in [-0.2, 0) is 6.42 Å². The largest absolute Gasteiger partial charge is 0.351 e. The molecule has 2 atom stereocenters. The Hall–Kier alpha value is -3.44. The van der Waals surface area contributed by atoms with Crippen molar-refractivity contribution in [3.8, 4) is 5.69 Å². The van der Waals surface area contributed by atoms with Crippen molar-refractivity contribution in [3.63, 3.8) is 0 Å². The molecule has 2 aromatic heterocycles. The maximum absolute atomic E-state index is 5.94. The van der Waals surface area contributed by atoms with E-state index in [-0.39, 0.29) is 12.1 Å². The molecule has 1 aliphatic rings. The third kappa shape index (κ3) is 3.70. The highest BCUT2D eigenvalue weighted by molar-refractivity contribution is 7.80. The summed E-state index contributed by atoms with van der Waals surface area (Å²) in [4.78, 5) is 6.99. The van der Waals surface area contributed by atoms with Gasteiger partial charge in [-0.1, -0.05) is 43.3 Å². The molecule has 5 heteroatoms. The lowest BCUT2D eigenvalue weighted by Crippen LogP contribution is -2.29. The average Bonchev–Trinajstić information content (AvgIpc) is 3.32. The Morgan fingerprint density at radius 1 is 0.853 bits per heavy atom. The Bertz CT molecular complexity index is 1310. The van der Waals surface area contributed by atoms with Gasteiger partial charge in [0, 0.05) is 34.5 Å². The standard InChI is InChI=1S/C29H30N4S/c1-5-22-14-16-24(17-15-22)33-28(27(31-29(33)34)25-13-9-10-18-30-25)26-19(2)20(3)32(21(26)4)23-11-7-6-8-12-23/h6-18,27-28H,5H2,1-4H3,(H,31,34). The molecule has 0 saturated carbocycles. The number of hydrogen-bond donors (Lipinski definition) is 1. The zero-order valence-corrected chi connectivity index (χ0v) is 20.9. The van der Waals surface area contributed by atoms with Crippen LogP contribution in [0.4, 0.5) is 5.69 Å². The molecule has 34 heavy (non-hydrogen) atoms. The van der Waals surface area contributed by atoms with E-state index in [9.17, 15) is 0 Å². The Labute approximate surface area is 207 Å². The maximum Gasteiger partial charge on any atom is 0.174 e. The lowest BCUT2D eigenvalue weighted by molar-refractivity contribution is 0.563. The minimum atomic E-state index is -0.0528. The minimum Gasteiger partial charge on any atom is -0.351 e. The first kappa shape index (κ1) is 22.4. The van der Waals surface area contributed by atoms with E-state index < -0.39 is 0 Å². The van der Waals surface area contributed by atoms with Gasteiger partial charge >= 0.3 is 0 Å². The van der Waals surface area contributed by atoms with Crippen molar-refractivity contribution in [2.75, 3.05) is 4.90 Å². The molecule has 4 nitrogen and oxygen atoms in total. The molecule has 4 aromatic rings. The number of aromatic nitrogens is 2. The summed E-state index contributed by atoms with van der Waals surface area (Å²) in [5.74, 6) is 0. The fourth-order valence-corrected chi connectivity index (χ4v) is 5.57. The molecule has 2 unspecified atom stereocenters. The van der Waals surface area contributed by atoms with Crippen LogP contribution in [0.1, 0.15) is 52.8 Å². The highest BCUT2D eigenvalue weighted by atomic mass is 32.1. The number of aryl methyl sites for hydroxylation is 1. The molecule has 0 spiro atoms. The van der Waals surface area contributed by atoms with Gasteiger partial charge in [-0.3, -0.25) is 4.98 Å². The number of anilines is 1. The number of thiocarbonyl (C=S) groups is 1. The number of nitrogens with zero attached hydrogens (tertiary/aromatic N) is 3. The zero-order chi connectivity index (χ0) is 23.8. The van der Waals surface area contributed by atoms with Gasteiger partial charge in [-0.05, 0) is 86.9 Å². The summed E-state index contributed by atoms with van der Waals surface area (Å²) in [6.07, 6.45) is 2.87. The summed E-state index contributed by atoms with van der Waals surface area (Å²) < 4.78 is 2.36. The summed E-state index contributed by atoms with van der Waals surface area (Å²) in [5.41, 5.74) is 9.64. The van der Waals surface area contributed by atoms with Crippen molar-refractivity contribution in [2.24, 2.45) is 0 Å². The summed E-state index contributed by atoms with van der Waals surface area (Å²) in [6, 6.07) is 25.4. The SMILES string of the molecule is CCc1ccc(N2C(=S)NC(c3ccccn3)C2c2c(C)c(C)n(-c3ccccc3)c2C)cc1. The van der Waals surface area contributed by atoms with Crippen LogP contribution in [0.25, 0.3) is 5.69 Å². The second-order valence-electron chi connectivity index (χ2n) is 8.90. The number of benzene rings is 2. The van der Waals surface area contributed by atoms with E-state index in [1.165, 1.54) is 33.8 Å². The van der Waals surface area contributed by atoms with Gasteiger partial charge < -0.3 is 14.8 Å². The van der Waals surface area contributed by atoms with Crippen LogP contribution in [0, 0.1) is 20.8 Å². The van der Waals surface area contributed by atoms with Crippen LogP contribution in [-0.4, -0.2) is 14.7 Å². The molecule has 172 valence electrons. The molecule has 0 amide bonds. The predicted molar refractivity (Wildman–Crippen MR) is 144 cm³/mol. The van der Waals surface area contributed by atoms with E-state index >= 15 is 0 Å². The Morgan fingerprint density at radius 2 is 1.56 bits per heavy atom. The minimum absolute atomic E-state index is 0.0152. The van der Waals surface area contributed by atoms with Crippen LogP contribution in [0.3, 0.4) is 0 Å². The predicted octanol–water partition coefficient (Wildman–Crippen LogP) is 6.54. The molecular weight excluding hydrogens is 436 g/mol. The first-order chi connectivity index (χ1) is 16.5. The number of nitrogens with one attached hydrogen (secondary N) is 1. The van der Waals surface area contributed by atoms with E-state index in [1.54, 1.807) is 0 Å². The quantitative estimate of drug-likeness (QED) is 0.339. The van der Waals surface area contributed by atoms with Crippen LogP contribution >= 0.6 is 12.2 Å². The zero-order valence-electron chi connectivity index (χ0n) is 20.1. The van der Waals surface area contributed by atoms with Crippen molar-refractivity contribution in [3.05, 3.63) is 113 Å². The monoisotopic (exact) mass is 466 g/mol. The molecule has 3 heterocycles. The highest BCUT2D eigenvalue weighted by Crippen LogP contribution is 2.45. The van der Waals surface area contributed by atoms with E-state index in [0.717, 1.165) is 22.9 Å². The number of para-hydroxylation sites is 1. The van der Waals surface area contributed by atoms with Crippen molar-refractivity contribution < 1.29 is 0 Å². The number of rotatable bonds is 5. The van der Waals surface area contributed by atoms with Gasteiger partial charge in [0.2, 0.25) is 0 Å².